The first-order valence-corrected chi connectivity index (χ1v) is 9.92. The number of fused-ring (bicyclic) bond motifs is 1. The number of aliphatic hydroxyl groups is 1. The molecule has 6 heteroatoms. The van der Waals surface area contributed by atoms with Crippen molar-refractivity contribution in [1.82, 2.24) is 4.40 Å². The van der Waals surface area contributed by atoms with Gasteiger partial charge in [0.25, 0.3) is 5.56 Å². The van der Waals surface area contributed by atoms with E-state index < -0.39 is 5.82 Å². The summed E-state index contributed by atoms with van der Waals surface area (Å²) in [5.41, 5.74) is 3.09. The Balaban J connectivity index is 2.25. The number of hydrogen-bond acceptors (Lipinski definition) is 3. The van der Waals surface area contributed by atoms with Crippen molar-refractivity contribution < 1.29 is 14.2 Å². The molecule has 1 N–H and O–H groups in total. The average molecular weight is 418 g/mol. The van der Waals surface area contributed by atoms with E-state index in [4.69, 9.17) is 16.3 Å². The summed E-state index contributed by atoms with van der Waals surface area (Å²) in [7, 11) is 1.54. The number of benzene rings is 1. The highest BCUT2D eigenvalue weighted by molar-refractivity contribution is 6.30. The first-order valence-electron chi connectivity index (χ1n) is 9.55. The van der Waals surface area contributed by atoms with Gasteiger partial charge in [-0.05, 0) is 36.1 Å². The minimum atomic E-state index is -0.478. The van der Waals surface area contributed by atoms with E-state index in [1.807, 2.05) is 19.9 Å². The minimum Gasteiger partial charge on any atom is -0.496 e. The molecule has 3 rings (SSSR count). The maximum atomic E-state index is 14.4. The molecular weight excluding hydrogens is 393 g/mol. The number of ether oxygens (including phenoxy) is 1. The van der Waals surface area contributed by atoms with Gasteiger partial charge in [0.2, 0.25) is 0 Å². The fourth-order valence-corrected chi connectivity index (χ4v) is 3.90. The Morgan fingerprint density at radius 1 is 1.24 bits per heavy atom. The van der Waals surface area contributed by atoms with Crippen LogP contribution in [0.1, 0.15) is 42.0 Å². The molecule has 0 saturated carbocycles. The zero-order valence-corrected chi connectivity index (χ0v) is 17.8. The van der Waals surface area contributed by atoms with Gasteiger partial charge in [-0.3, -0.25) is 9.20 Å². The number of rotatable bonds is 6. The van der Waals surface area contributed by atoms with Gasteiger partial charge in [0.1, 0.15) is 11.6 Å². The molecule has 0 aliphatic carbocycles. The molecule has 1 unspecified atom stereocenters. The second-order valence-electron chi connectivity index (χ2n) is 7.63. The molecule has 0 fully saturated rings. The molecule has 29 heavy (non-hydrogen) atoms. The number of nitrogens with zero attached hydrogens (tertiary/aromatic N) is 1. The average Bonchev–Trinajstić information content (AvgIpc) is 2.69. The van der Waals surface area contributed by atoms with E-state index in [1.54, 1.807) is 42.8 Å². The summed E-state index contributed by atoms with van der Waals surface area (Å²) in [5.74, 6) is 0.139. The maximum absolute atomic E-state index is 14.4. The van der Waals surface area contributed by atoms with Crippen molar-refractivity contribution in [3.05, 3.63) is 80.0 Å². The van der Waals surface area contributed by atoms with Gasteiger partial charge in [0, 0.05) is 35.7 Å². The molecule has 0 spiro atoms. The van der Waals surface area contributed by atoms with Crippen molar-refractivity contribution in [3.8, 4) is 5.75 Å². The van der Waals surface area contributed by atoms with Crippen LogP contribution in [-0.4, -0.2) is 23.2 Å². The normalized spacial score (nSPS) is 12.6. The Kier molecular flexibility index (Phi) is 6.30. The van der Waals surface area contributed by atoms with E-state index >= 15 is 0 Å². The van der Waals surface area contributed by atoms with Crippen molar-refractivity contribution in [3.63, 3.8) is 0 Å². The zero-order valence-electron chi connectivity index (χ0n) is 17.0. The van der Waals surface area contributed by atoms with Gasteiger partial charge in [-0.2, -0.15) is 0 Å². The molecular formula is C23H25ClFNO3. The summed E-state index contributed by atoms with van der Waals surface area (Å²) in [5, 5.41) is 9.99. The lowest BCUT2D eigenvalue weighted by Crippen LogP contribution is -2.22. The smallest absolute Gasteiger partial charge is 0.258 e. The van der Waals surface area contributed by atoms with Gasteiger partial charge >= 0.3 is 0 Å². The van der Waals surface area contributed by atoms with E-state index in [0.29, 0.717) is 28.0 Å². The predicted molar refractivity (Wildman–Crippen MR) is 114 cm³/mol. The molecule has 0 aliphatic heterocycles. The molecule has 4 nitrogen and oxygen atoms in total. The van der Waals surface area contributed by atoms with Gasteiger partial charge in [-0.25, -0.2) is 4.39 Å². The second kappa shape index (κ2) is 8.56. The van der Waals surface area contributed by atoms with Gasteiger partial charge in [0.05, 0.1) is 24.3 Å². The van der Waals surface area contributed by atoms with Crippen LogP contribution in [0.4, 0.5) is 4.39 Å². The largest absolute Gasteiger partial charge is 0.496 e. The molecule has 0 radical (unpaired) electrons. The maximum Gasteiger partial charge on any atom is 0.258 e. The third-order valence-electron chi connectivity index (χ3n) is 5.39. The monoisotopic (exact) mass is 417 g/mol. The van der Waals surface area contributed by atoms with Gasteiger partial charge in [-0.1, -0.05) is 37.6 Å². The lowest BCUT2D eigenvalue weighted by molar-refractivity contribution is 0.238. The third kappa shape index (κ3) is 4.02. The molecule has 0 saturated heterocycles. The molecule has 0 amide bonds. The summed E-state index contributed by atoms with van der Waals surface area (Å²) in [4.78, 5) is 12.9. The van der Waals surface area contributed by atoms with Crippen molar-refractivity contribution in [2.75, 3.05) is 13.7 Å². The van der Waals surface area contributed by atoms with Crippen molar-refractivity contribution in [1.29, 1.82) is 0 Å². The van der Waals surface area contributed by atoms with E-state index in [0.717, 1.165) is 5.56 Å². The van der Waals surface area contributed by atoms with Crippen LogP contribution >= 0.6 is 11.6 Å². The zero-order chi connectivity index (χ0) is 21.3. The lowest BCUT2D eigenvalue weighted by atomic mass is 9.87. The highest BCUT2D eigenvalue weighted by Gasteiger charge is 2.21. The van der Waals surface area contributed by atoms with Crippen molar-refractivity contribution in [2.45, 2.75) is 33.1 Å². The topological polar surface area (TPSA) is 50.9 Å². The van der Waals surface area contributed by atoms with Crippen LogP contribution < -0.4 is 10.3 Å². The Labute approximate surface area is 174 Å². The van der Waals surface area contributed by atoms with Gasteiger partial charge in [0.15, 0.2) is 0 Å². The Hall–Kier alpha value is -2.37. The number of halogens is 2. The van der Waals surface area contributed by atoms with E-state index in [1.165, 1.54) is 6.07 Å². The highest BCUT2D eigenvalue weighted by Crippen LogP contribution is 2.32. The number of methoxy groups -OCH3 is 1. The SMILES string of the molecule is COc1cc2c(C(CO)C(C)C)cc(C)c(=O)n2cc1Cc1cccc(Cl)c1F. The van der Waals surface area contributed by atoms with Crippen LogP contribution in [0.25, 0.3) is 5.52 Å². The Morgan fingerprint density at radius 2 is 1.97 bits per heavy atom. The molecule has 0 bridgehead atoms. The molecule has 0 aliphatic rings. The molecule has 154 valence electrons. The van der Waals surface area contributed by atoms with Crippen LogP contribution in [0.15, 0.2) is 41.3 Å². The molecule has 2 aromatic heterocycles. The highest BCUT2D eigenvalue weighted by atomic mass is 35.5. The van der Waals surface area contributed by atoms with Crippen LogP contribution in [0.2, 0.25) is 5.02 Å². The number of aryl methyl sites for hydroxylation is 1. The quantitative estimate of drug-likeness (QED) is 0.630. The van der Waals surface area contributed by atoms with Crippen LogP contribution in [0.5, 0.6) is 5.75 Å². The first kappa shape index (κ1) is 21.3. The number of aromatic nitrogens is 1. The van der Waals surface area contributed by atoms with Gasteiger partial charge in [-0.15, -0.1) is 0 Å². The Bertz CT molecular complexity index is 1110. The fraction of sp³-hybridized carbons (Fsp3) is 0.348. The van der Waals surface area contributed by atoms with Crippen LogP contribution in [-0.2, 0) is 6.42 Å². The third-order valence-corrected chi connectivity index (χ3v) is 5.68. The summed E-state index contributed by atoms with van der Waals surface area (Å²) in [6, 6.07) is 8.49. The standard InChI is InChI=1S/C23H25ClFNO3/c1-13(2)18(12-27)17-8-14(3)23(28)26-11-16(21(29-4)10-20(17)26)9-15-6-5-7-19(24)22(15)25/h5-8,10-11,13,18,27H,9,12H2,1-4H3. The van der Waals surface area contributed by atoms with Crippen LogP contribution in [0.3, 0.4) is 0 Å². The van der Waals surface area contributed by atoms with Crippen LogP contribution in [0, 0.1) is 18.7 Å². The molecule has 2 heterocycles. The van der Waals surface area contributed by atoms with E-state index in [9.17, 15) is 14.3 Å². The Morgan fingerprint density at radius 3 is 2.59 bits per heavy atom. The summed E-state index contributed by atoms with van der Waals surface area (Å²) >= 11 is 5.91. The first-order chi connectivity index (χ1) is 13.8. The fourth-order valence-electron chi connectivity index (χ4n) is 3.70. The second-order valence-corrected chi connectivity index (χ2v) is 8.04. The predicted octanol–water partition coefficient (Wildman–Crippen LogP) is 4.73. The summed E-state index contributed by atoms with van der Waals surface area (Å²) in [6.45, 7) is 5.80. The lowest BCUT2D eigenvalue weighted by Gasteiger charge is -2.22. The molecule has 3 aromatic rings. The summed E-state index contributed by atoms with van der Waals surface area (Å²) in [6.07, 6.45) is 1.93. The van der Waals surface area contributed by atoms with E-state index in [2.05, 4.69) is 0 Å². The number of aliphatic hydroxyl groups excluding tert-OH is 1. The van der Waals surface area contributed by atoms with Gasteiger partial charge < -0.3 is 9.84 Å². The minimum absolute atomic E-state index is 0.0250. The molecule has 1 aromatic carbocycles. The molecule has 1 atom stereocenters. The number of hydrogen-bond donors (Lipinski definition) is 1. The van der Waals surface area contributed by atoms with E-state index in [-0.39, 0.29) is 35.4 Å². The van der Waals surface area contributed by atoms with Crippen molar-refractivity contribution >= 4 is 17.1 Å². The number of pyridine rings is 2. The summed E-state index contributed by atoms with van der Waals surface area (Å²) < 4.78 is 21.5. The van der Waals surface area contributed by atoms with Crippen molar-refractivity contribution in [2.24, 2.45) is 5.92 Å².